The molecule has 0 spiro atoms. The van der Waals surface area contributed by atoms with Crippen molar-refractivity contribution in [3.05, 3.63) is 0 Å². The summed E-state index contributed by atoms with van der Waals surface area (Å²) in [5.74, 6) is 1.89. The van der Waals surface area contributed by atoms with Crippen LogP contribution in [-0.4, -0.2) is 24.0 Å². The normalized spacial score (nSPS) is 32.8. The molecule has 1 aliphatic rings. The minimum Gasteiger partial charge on any atom is -0.301 e. The van der Waals surface area contributed by atoms with Gasteiger partial charge in [-0.25, -0.2) is 0 Å². The number of hydrogen-bond donors (Lipinski definition) is 0. The minimum atomic E-state index is 0.741. The van der Waals surface area contributed by atoms with Gasteiger partial charge >= 0.3 is 0 Å². The Bertz CT molecular complexity index is 131. The molecule has 1 fully saturated rings. The summed E-state index contributed by atoms with van der Waals surface area (Å²) in [7, 11) is 0. The van der Waals surface area contributed by atoms with Crippen LogP contribution in [0.3, 0.4) is 0 Å². The predicted molar refractivity (Wildman–Crippen MR) is 54.3 cm³/mol. The van der Waals surface area contributed by atoms with Gasteiger partial charge < -0.3 is 4.90 Å². The highest BCUT2D eigenvalue weighted by molar-refractivity contribution is 4.78. The molecule has 0 amide bonds. The van der Waals surface area contributed by atoms with Gasteiger partial charge in [-0.2, -0.15) is 0 Å². The molecule has 0 radical (unpaired) electrons. The summed E-state index contributed by atoms with van der Waals surface area (Å²) in [5, 5.41) is 0. The molecule has 0 aliphatic carbocycles. The fourth-order valence-corrected chi connectivity index (χ4v) is 2.30. The van der Waals surface area contributed by atoms with Crippen molar-refractivity contribution in [2.24, 2.45) is 11.8 Å². The topological polar surface area (TPSA) is 3.24 Å². The summed E-state index contributed by atoms with van der Waals surface area (Å²) >= 11 is 0. The van der Waals surface area contributed by atoms with Crippen LogP contribution in [0.5, 0.6) is 0 Å². The molecule has 0 aromatic rings. The van der Waals surface area contributed by atoms with Crippen LogP contribution >= 0.6 is 0 Å². The van der Waals surface area contributed by atoms with Crippen LogP contribution in [0.25, 0.3) is 0 Å². The maximum absolute atomic E-state index is 2.61. The van der Waals surface area contributed by atoms with Crippen LogP contribution in [0.1, 0.15) is 40.5 Å². The molecule has 2 atom stereocenters. The summed E-state index contributed by atoms with van der Waals surface area (Å²) in [6.07, 6.45) is 2.78. The first kappa shape index (κ1) is 10.0. The molecular formula is C11H23N. The summed E-state index contributed by atoms with van der Waals surface area (Å²) < 4.78 is 0. The Morgan fingerprint density at radius 3 is 2.50 bits per heavy atom. The Morgan fingerprint density at radius 1 is 1.42 bits per heavy atom. The van der Waals surface area contributed by atoms with E-state index in [2.05, 4.69) is 32.6 Å². The van der Waals surface area contributed by atoms with Crippen molar-refractivity contribution in [1.82, 2.24) is 4.90 Å². The molecule has 1 heteroatoms. The van der Waals surface area contributed by atoms with E-state index >= 15 is 0 Å². The zero-order valence-corrected chi connectivity index (χ0v) is 9.01. The fraction of sp³-hybridized carbons (Fsp3) is 1.00. The van der Waals surface area contributed by atoms with Gasteiger partial charge in [0, 0.05) is 12.6 Å². The standard InChI is InChI=1S/C11H23N/c1-5-11-6-7-12(9(2)3)8-10(11)4/h9-11H,5-8H2,1-4H3. The third kappa shape index (κ3) is 2.22. The molecule has 0 bridgehead atoms. The average Bonchev–Trinajstić information content (AvgIpc) is 2.04. The van der Waals surface area contributed by atoms with Gasteiger partial charge in [-0.05, 0) is 38.6 Å². The molecule has 1 heterocycles. The lowest BCUT2D eigenvalue weighted by Gasteiger charge is -2.38. The Labute approximate surface area is 77.1 Å². The van der Waals surface area contributed by atoms with Crippen molar-refractivity contribution in [1.29, 1.82) is 0 Å². The largest absolute Gasteiger partial charge is 0.301 e. The smallest absolute Gasteiger partial charge is 0.00387 e. The first-order valence-electron chi connectivity index (χ1n) is 5.39. The maximum Gasteiger partial charge on any atom is 0.00387 e. The zero-order valence-electron chi connectivity index (χ0n) is 9.01. The first-order valence-corrected chi connectivity index (χ1v) is 5.39. The molecule has 0 aromatic heterocycles. The molecule has 1 aliphatic heterocycles. The van der Waals surface area contributed by atoms with Crippen LogP contribution in [-0.2, 0) is 0 Å². The number of rotatable bonds is 2. The molecule has 72 valence electrons. The summed E-state index contributed by atoms with van der Waals surface area (Å²) in [4.78, 5) is 2.61. The van der Waals surface area contributed by atoms with Gasteiger partial charge in [0.1, 0.15) is 0 Å². The fourth-order valence-electron chi connectivity index (χ4n) is 2.30. The van der Waals surface area contributed by atoms with E-state index in [9.17, 15) is 0 Å². The molecule has 0 N–H and O–H groups in total. The highest BCUT2D eigenvalue weighted by Gasteiger charge is 2.25. The second kappa shape index (κ2) is 4.27. The van der Waals surface area contributed by atoms with Crippen LogP contribution in [0.2, 0.25) is 0 Å². The van der Waals surface area contributed by atoms with Crippen LogP contribution in [0.15, 0.2) is 0 Å². The second-order valence-electron chi connectivity index (χ2n) is 4.52. The minimum absolute atomic E-state index is 0.741. The highest BCUT2D eigenvalue weighted by Crippen LogP contribution is 2.26. The Kier molecular flexibility index (Phi) is 3.57. The Balaban J connectivity index is 2.40. The van der Waals surface area contributed by atoms with E-state index < -0.39 is 0 Å². The van der Waals surface area contributed by atoms with E-state index in [0.29, 0.717) is 0 Å². The zero-order chi connectivity index (χ0) is 9.14. The van der Waals surface area contributed by atoms with Gasteiger partial charge in [0.15, 0.2) is 0 Å². The van der Waals surface area contributed by atoms with Crippen molar-refractivity contribution in [3.63, 3.8) is 0 Å². The average molecular weight is 169 g/mol. The summed E-state index contributed by atoms with van der Waals surface area (Å²) in [5.41, 5.74) is 0. The number of hydrogen-bond acceptors (Lipinski definition) is 1. The molecule has 1 saturated heterocycles. The molecule has 0 aromatic carbocycles. The molecule has 2 unspecified atom stereocenters. The lowest BCUT2D eigenvalue weighted by molar-refractivity contribution is 0.100. The molecule has 1 rings (SSSR count). The summed E-state index contributed by atoms with van der Waals surface area (Å²) in [6.45, 7) is 12.0. The van der Waals surface area contributed by atoms with E-state index in [1.807, 2.05) is 0 Å². The molecule has 0 saturated carbocycles. The number of piperidine rings is 1. The molecule has 1 nitrogen and oxygen atoms in total. The van der Waals surface area contributed by atoms with Gasteiger partial charge in [-0.15, -0.1) is 0 Å². The Hall–Kier alpha value is -0.0400. The number of likely N-dealkylation sites (tertiary alicyclic amines) is 1. The van der Waals surface area contributed by atoms with Crippen LogP contribution in [0.4, 0.5) is 0 Å². The third-order valence-corrected chi connectivity index (χ3v) is 3.37. The predicted octanol–water partition coefficient (Wildman–Crippen LogP) is 2.76. The first-order chi connectivity index (χ1) is 5.65. The van der Waals surface area contributed by atoms with Gasteiger partial charge in [0.2, 0.25) is 0 Å². The second-order valence-corrected chi connectivity index (χ2v) is 4.52. The van der Waals surface area contributed by atoms with E-state index in [0.717, 1.165) is 17.9 Å². The van der Waals surface area contributed by atoms with E-state index in [1.165, 1.54) is 25.9 Å². The maximum atomic E-state index is 2.61. The highest BCUT2D eigenvalue weighted by atomic mass is 15.2. The van der Waals surface area contributed by atoms with Crippen molar-refractivity contribution >= 4 is 0 Å². The van der Waals surface area contributed by atoms with E-state index in [-0.39, 0.29) is 0 Å². The van der Waals surface area contributed by atoms with E-state index in [4.69, 9.17) is 0 Å². The van der Waals surface area contributed by atoms with Crippen molar-refractivity contribution in [2.45, 2.75) is 46.6 Å². The third-order valence-electron chi connectivity index (χ3n) is 3.37. The van der Waals surface area contributed by atoms with Gasteiger partial charge in [-0.3, -0.25) is 0 Å². The lowest BCUT2D eigenvalue weighted by Crippen LogP contribution is -2.42. The van der Waals surface area contributed by atoms with Crippen LogP contribution in [0, 0.1) is 11.8 Å². The number of nitrogens with zero attached hydrogens (tertiary/aromatic N) is 1. The van der Waals surface area contributed by atoms with Gasteiger partial charge in [0.05, 0.1) is 0 Å². The monoisotopic (exact) mass is 169 g/mol. The van der Waals surface area contributed by atoms with Crippen molar-refractivity contribution < 1.29 is 0 Å². The van der Waals surface area contributed by atoms with Gasteiger partial charge in [-0.1, -0.05) is 20.3 Å². The Morgan fingerprint density at radius 2 is 2.08 bits per heavy atom. The lowest BCUT2D eigenvalue weighted by atomic mass is 9.84. The summed E-state index contributed by atoms with van der Waals surface area (Å²) in [6, 6.07) is 0.741. The van der Waals surface area contributed by atoms with Gasteiger partial charge in [0.25, 0.3) is 0 Å². The van der Waals surface area contributed by atoms with Crippen molar-refractivity contribution in [3.8, 4) is 0 Å². The van der Waals surface area contributed by atoms with Crippen LogP contribution < -0.4 is 0 Å². The van der Waals surface area contributed by atoms with Crippen molar-refractivity contribution in [2.75, 3.05) is 13.1 Å². The molecule has 12 heavy (non-hydrogen) atoms. The molecular weight excluding hydrogens is 146 g/mol. The van der Waals surface area contributed by atoms with E-state index in [1.54, 1.807) is 0 Å². The SMILES string of the molecule is CCC1CCN(C(C)C)CC1C. The quantitative estimate of drug-likeness (QED) is 0.614.